The highest BCUT2D eigenvalue weighted by atomic mass is 16.5. The number of ether oxygens (including phenoxy) is 2. The lowest BCUT2D eigenvalue weighted by atomic mass is 10.1. The number of rotatable bonds is 5. The molecule has 2 rings (SSSR count). The maximum absolute atomic E-state index is 5.88. The van der Waals surface area contributed by atoms with Crippen molar-refractivity contribution in [1.29, 1.82) is 0 Å². The quantitative estimate of drug-likeness (QED) is 0.694. The summed E-state index contributed by atoms with van der Waals surface area (Å²) in [4.78, 5) is 2.47. The molecule has 2 fully saturated rings. The van der Waals surface area contributed by atoms with Crippen molar-refractivity contribution in [3.8, 4) is 0 Å². The van der Waals surface area contributed by atoms with Gasteiger partial charge in [0.25, 0.3) is 0 Å². The van der Waals surface area contributed by atoms with E-state index in [-0.39, 0.29) is 0 Å². The Bertz CT molecular complexity index is 158. The van der Waals surface area contributed by atoms with Crippen molar-refractivity contribution < 1.29 is 9.47 Å². The molecular formula is C12H24N2O2. The van der Waals surface area contributed by atoms with Crippen LogP contribution < -0.4 is 5.32 Å². The van der Waals surface area contributed by atoms with Gasteiger partial charge in [-0.25, -0.2) is 0 Å². The van der Waals surface area contributed by atoms with Crippen molar-refractivity contribution in [3.63, 3.8) is 0 Å². The molecule has 2 aliphatic heterocycles. The number of piperidine rings is 1. The van der Waals surface area contributed by atoms with E-state index < -0.39 is 0 Å². The summed E-state index contributed by atoms with van der Waals surface area (Å²) in [5.74, 6) is 0. The van der Waals surface area contributed by atoms with E-state index in [0.29, 0.717) is 6.10 Å². The van der Waals surface area contributed by atoms with Crippen LogP contribution in [0.3, 0.4) is 0 Å². The third-order valence-corrected chi connectivity index (χ3v) is 3.36. The van der Waals surface area contributed by atoms with E-state index in [9.17, 15) is 0 Å². The van der Waals surface area contributed by atoms with Gasteiger partial charge in [0, 0.05) is 26.2 Å². The minimum Gasteiger partial charge on any atom is -0.379 e. The van der Waals surface area contributed by atoms with Crippen LogP contribution in [0.5, 0.6) is 0 Å². The topological polar surface area (TPSA) is 33.7 Å². The zero-order valence-corrected chi connectivity index (χ0v) is 10.1. The smallest absolute Gasteiger partial charge is 0.0599 e. The fourth-order valence-electron chi connectivity index (χ4n) is 2.33. The molecule has 0 amide bonds. The number of hydrogen-bond donors (Lipinski definition) is 1. The van der Waals surface area contributed by atoms with Crippen LogP contribution in [0.25, 0.3) is 0 Å². The van der Waals surface area contributed by atoms with Gasteiger partial charge in [-0.1, -0.05) is 0 Å². The minimum absolute atomic E-state index is 0.505. The Hall–Kier alpha value is -0.160. The summed E-state index contributed by atoms with van der Waals surface area (Å²) in [5.41, 5.74) is 0. The first-order chi connectivity index (χ1) is 7.95. The molecule has 0 aromatic heterocycles. The summed E-state index contributed by atoms with van der Waals surface area (Å²) in [6.45, 7) is 8.30. The predicted molar refractivity (Wildman–Crippen MR) is 63.7 cm³/mol. The van der Waals surface area contributed by atoms with E-state index in [2.05, 4.69) is 10.2 Å². The van der Waals surface area contributed by atoms with Crippen LogP contribution in [-0.2, 0) is 9.47 Å². The maximum Gasteiger partial charge on any atom is 0.0599 e. The van der Waals surface area contributed by atoms with Crippen molar-refractivity contribution in [2.75, 3.05) is 52.5 Å². The lowest BCUT2D eigenvalue weighted by molar-refractivity contribution is 0.0125. The molecule has 0 radical (unpaired) electrons. The second-order valence-electron chi connectivity index (χ2n) is 4.63. The molecule has 4 nitrogen and oxygen atoms in total. The molecule has 0 aromatic carbocycles. The van der Waals surface area contributed by atoms with Crippen molar-refractivity contribution in [3.05, 3.63) is 0 Å². The predicted octanol–water partition coefficient (Wildman–Crippen LogP) is 0.477. The Labute approximate surface area is 98.3 Å². The van der Waals surface area contributed by atoms with E-state index in [1.807, 2.05) is 0 Å². The highest BCUT2D eigenvalue weighted by molar-refractivity contribution is 4.68. The van der Waals surface area contributed by atoms with Crippen molar-refractivity contribution in [2.45, 2.75) is 25.4 Å². The summed E-state index contributed by atoms with van der Waals surface area (Å²) in [7, 11) is 0. The van der Waals surface area contributed by atoms with Gasteiger partial charge >= 0.3 is 0 Å². The highest BCUT2D eigenvalue weighted by Crippen LogP contribution is 2.07. The zero-order chi connectivity index (χ0) is 11.1. The standard InChI is InChI=1S/C12H24N2O2/c1(6-14-7-10-15-11-8-14)9-16-12-2-4-13-5-3-12/h12-13H,1-11H2. The molecule has 1 N–H and O–H groups in total. The van der Waals surface area contributed by atoms with Crippen LogP contribution in [0.15, 0.2) is 0 Å². The molecule has 0 spiro atoms. The minimum atomic E-state index is 0.505. The molecular weight excluding hydrogens is 204 g/mol. The Balaban J connectivity index is 1.47. The molecule has 94 valence electrons. The summed E-state index contributed by atoms with van der Waals surface area (Å²) >= 11 is 0. The van der Waals surface area contributed by atoms with Crippen LogP contribution >= 0.6 is 0 Å². The van der Waals surface area contributed by atoms with Gasteiger partial charge in [-0.2, -0.15) is 0 Å². The second-order valence-corrected chi connectivity index (χ2v) is 4.63. The monoisotopic (exact) mass is 228 g/mol. The Kier molecular flexibility index (Phi) is 5.55. The number of nitrogens with zero attached hydrogens (tertiary/aromatic N) is 1. The molecule has 0 unspecified atom stereocenters. The average molecular weight is 228 g/mol. The van der Waals surface area contributed by atoms with E-state index in [1.165, 1.54) is 12.8 Å². The van der Waals surface area contributed by atoms with Crippen molar-refractivity contribution >= 4 is 0 Å². The van der Waals surface area contributed by atoms with Gasteiger partial charge < -0.3 is 14.8 Å². The SMILES string of the molecule is C(COC1CCNCC1)CN1CCOCC1. The fraction of sp³-hybridized carbons (Fsp3) is 1.00. The van der Waals surface area contributed by atoms with E-state index in [1.54, 1.807) is 0 Å². The molecule has 0 saturated carbocycles. The lowest BCUT2D eigenvalue weighted by Gasteiger charge is -2.27. The van der Waals surface area contributed by atoms with Crippen molar-refractivity contribution in [1.82, 2.24) is 10.2 Å². The van der Waals surface area contributed by atoms with E-state index in [0.717, 1.165) is 59.0 Å². The number of nitrogens with one attached hydrogen (secondary N) is 1. The summed E-state index contributed by atoms with van der Waals surface area (Å²) in [5, 5.41) is 3.35. The van der Waals surface area contributed by atoms with Gasteiger partial charge in [0.15, 0.2) is 0 Å². The Morgan fingerprint density at radius 3 is 2.69 bits per heavy atom. The van der Waals surface area contributed by atoms with E-state index in [4.69, 9.17) is 9.47 Å². The number of hydrogen-bond acceptors (Lipinski definition) is 4. The van der Waals surface area contributed by atoms with Gasteiger partial charge in [0.05, 0.1) is 19.3 Å². The molecule has 16 heavy (non-hydrogen) atoms. The molecule has 0 atom stereocenters. The van der Waals surface area contributed by atoms with Gasteiger partial charge in [0.1, 0.15) is 0 Å². The summed E-state index contributed by atoms with van der Waals surface area (Å²) in [6, 6.07) is 0. The first-order valence-electron chi connectivity index (χ1n) is 6.57. The molecule has 2 aliphatic rings. The van der Waals surface area contributed by atoms with Gasteiger partial charge in [-0.3, -0.25) is 4.90 Å². The molecule has 0 bridgehead atoms. The molecule has 4 heteroatoms. The molecule has 2 saturated heterocycles. The van der Waals surface area contributed by atoms with Gasteiger partial charge in [0.2, 0.25) is 0 Å². The lowest BCUT2D eigenvalue weighted by Crippen LogP contribution is -2.37. The summed E-state index contributed by atoms with van der Waals surface area (Å²) < 4.78 is 11.2. The largest absolute Gasteiger partial charge is 0.379 e. The van der Waals surface area contributed by atoms with Crippen LogP contribution in [0.2, 0.25) is 0 Å². The van der Waals surface area contributed by atoms with Crippen LogP contribution in [0, 0.1) is 0 Å². The zero-order valence-electron chi connectivity index (χ0n) is 10.1. The Morgan fingerprint density at radius 1 is 1.19 bits per heavy atom. The maximum atomic E-state index is 5.88. The van der Waals surface area contributed by atoms with Crippen LogP contribution in [0.1, 0.15) is 19.3 Å². The normalized spacial score (nSPS) is 24.8. The third-order valence-electron chi connectivity index (χ3n) is 3.36. The number of morpholine rings is 1. The Morgan fingerprint density at radius 2 is 1.94 bits per heavy atom. The second kappa shape index (κ2) is 7.22. The first-order valence-corrected chi connectivity index (χ1v) is 6.57. The summed E-state index contributed by atoms with van der Waals surface area (Å²) in [6.07, 6.45) is 4.02. The van der Waals surface area contributed by atoms with Gasteiger partial charge in [-0.05, 0) is 32.4 Å². The molecule has 0 aliphatic carbocycles. The van der Waals surface area contributed by atoms with Gasteiger partial charge in [-0.15, -0.1) is 0 Å². The average Bonchev–Trinajstić information content (AvgIpc) is 2.37. The van der Waals surface area contributed by atoms with Crippen LogP contribution in [0.4, 0.5) is 0 Å². The van der Waals surface area contributed by atoms with Crippen molar-refractivity contribution in [2.24, 2.45) is 0 Å². The third kappa shape index (κ3) is 4.37. The van der Waals surface area contributed by atoms with E-state index >= 15 is 0 Å². The van der Waals surface area contributed by atoms with Crippen LogP contribution in [-0.4, -0.2) is 63.5 Å². The molecule has 2 heterocycles. The first kappa shape index (κ1) is 12.3. The fourth-order valence-corrected chi connectivity index (χ4v) is 2.33. The molecule has 0 aromatic rings. The highest BCUT2D eigenvalue weighted by Gasteiger charge is 2.13.